The third-order valence-corrected chi connectivity index (χ3v) is 5.95. The van der Waals surface area contributed by atoms with Gasteiger partial charge in [0, 0.05) is 5.56 Å². The van der Waals surface area contributed by atoms with Crippen LogP contribution in [0.15, 0.2) is 64.5 Å². The first kappa shape index (κ1) is 19.6. The minimum atomic E-state index is -3.91. The number of benzene rings is 2. The quantitative estimate of drug-likeness (QED) is 0.492. The third-order valence-electron chi connectivity index (χ3n) is 4.32. The Balaban J connectivity index is 1.94. The molecular formula is C20H21N4O3S-. The van der Waals surface area contributed by atoms with Crippen LogP contribution in [0.5, 0.6) is 0 Å². The molecule has 0 bridgehead atoms. The molecule has 1 aromatic heterocycles. The zero-order valence-electron chi connectivity index (χ0n) is 15.8. The lowest BCUT2D eigenvalue weighted by Gasteiger charge is -2.19. The Morgan fingerprint density at radius 3 is 2.39 bits per heavy atom. The minimum absolute atomic E-state index is 0.0735. The van der Waals surface area contributed by atoms with E-state index in [4.69, 9.17) is 0 Å². The molecule has 146 valence electrons. The topological polar surface area (TPSA) is 110 Å². The Bertz CT molecular complexity index is 1090. The average Bonchev–Trinajstić information content (AvgIpc) is 3.01. The van der Waals surface area contributed by atoms with Gasteiger partial charge in [-0.05, 0) is 38.3 Å². The number of nitrogens with one attached hydrogen (secondary N) is 2. The summed E-state index contributed by atoms with van der Waals surface area (Å²) in [5, 5.41) is 19.3. The molecule has 0 spiro atoms. The Morgan fingerprint density at radius 2 is 1.75 bits per heavy atom. The summed E-state index contributed by atoms with van der Waals surface area (Å²) in [6, 6.07) is 15.5. The smallest absolute Gasteiger partial charge is 0.265 e. The fraction of sp³-hybridized carbons (Fsp3) is 0.200. The van der Waals surface area contributed by atoms with Gasteiger partial charge in [-0.1, -0.05) is 48.5 Å². The van der Waals surface area contributed by atoms with Gasteiger partial charge in [0.1, 0.15) is 4.90 Å². The number of para-hydroxylation sites is 1. The number of hydrogen-bond donors (Lipinski definition) is 2. The van der Waals surface area contributed by atoms with E-state index in [9.17, 15) is 13.5 Å². The maximum Gasteiger partial charge on any atom is 0.265 e. The Morgan fingerprint density at radius 1 is 1.11 bits per heavy atom. The van der Waals surface area contributed by atoms with E-state index in [1.165, 1.54) is 6.07 Å². The van der Waals surface area contributed by atoms with Crippen molar-refractivity contribution in [1.82, 2.24) is 10.2 Å². The molecule has 8 heteroatoms. The van der Waals surface area contributed by atoms with Crippen LogP contribution in [0.2, 0.25) is 0 Å². The first-order valence-electron chi connectivity index (χ1n) is 8.73. The molecular weight excluding hydrogens is 376 g/mol. The van der Waals surface area contributed by atoms with Gasteiger partial charge in [0.25, 0.3) is 10.0 Å². The molecule has 0 fully saturated rings. The van der Waals surface area contributed by atoms with Crippen molar-refractivity contribution in [2.45, 2.75) is 31.7 Å². The highest BCUT2D eigenvalue weighted by molar-refractivity contribution is 7.92. The summed E-state index contributed by atoms with van der Waals surface area (Å²) < 4.78 is 28.1. The van der Waals surface area contributed by atoms with Crippen molar-refractivity contribution >= 4 is 21.6 Å². The second kappa shape index (κ2) is 7.85. The molecule has 0 saturated heterocycles. The summed E-state index contributed by atoms with van der Waals surface area (Å²) in [5.74, 6) is -0.490. The molecule has 2 N–H and O–H groups in total. The number of rotatable bonds is 6. The van der Waals surface area contributed by atoms with Gasteiger partial charge in [-0.3, -0.25) is 14.8 Å². The molecule has 0 aliphatic heterocycles. The molecule has 0 radical (unpaired) electrons. The standard InChI is InChI=1S/C20H22N4O3S/c1-13(16-9-5-4-6-10-16)21-20(25)17-11-7-8-12-18(17)24-28(26,27)19-14(2)22-23-15(19)3/h4-13,24H,1-3H3,(H,21,25)(H,22,23)/p-1/t13-/m0/s1. The summed E-state index contributed by atoms with van der Waals surface area (Å²) in [5.41, 5.74) is 2.05. The molecule has 1 atom stereocenters. The lowest BCUT2D eigenvalue weighted by molar-refractivity contribution is -0.213. The fourth-order valence-corrected chi connectivity index (χ4v) is 4.40. The van der Waals surface area contributed by atoms with Crippen molar-refractivity contribution in [3.05, 3.63) is 77.1 Å². The summed E-state index contributed by atoms with van der Waals surface area (Å²) in [4.78, 5) is 4.29. The van der Waals surface area contributed by atoms with E-state index in [2.05, 4.69) is 19.9 Å². The second-order valence-corrected chi connectivity index (χ2v) is 8.05. The van der Waals surface area contributed by atoms with Crippen LogP contribution in [0, 0.1) is 13.8 Å². The van der Waals surface area contributed by atoms with Crippen molar-refractivity contribution in [3.63, 3.8) is 0 Å². The Kier molecular flexibility index (Phi) is 5.51. The summed E-state index contributed by atoms with van der Waals surface area (Å²) in [6.45, 7) is 5.05. The largest absolute Gasteiger partial charge is 0.858 e. The van der Waals surface area contributed by atoms with E-state index in [0.717, 1.165) is 5.56 Å². The average molecular weight is 397 g/mol. The van der Waals surface area contributed by atoms with E-state index >= 15 is 0 Å². The van der Waals surface area contributed by atoms with Gasteiger partial charge in [0.15, 0.2) is 0 Å². The van der Waals surface area contributed by atoms with Crippen LogP contribution in [0.25, 0.3) is 0 Å². The highest BCUT2D eigenvalue weighted by Crippen LogP contribution is 2.24. The number of aromatic amines is 1. The predicted octanol–water partition coefficient (Wildman–Crippen LogP) is 2.70. The van der Waals surface area contributed by atoms with Crippen LogP contribution in [-0.4, -0.2) is 24.5 Å². The molecule has 7 nitrogen and oxygen atoms in total. The Hall–Kier alpha value is -3.13. The zero-order valence-corrected chi connectivity index (χ0v) is 16.6. The highest BCUT2D eigenvalue weighted by atomic mass is 32.2. The van der Waals surface area contributed by atoms with Crippen LogP contribution in [0.4, 0.5) is 5.69 Å². The molecule has 0 unspecified atom stereocenters. The maximum absolute atomic E-state index is 12.8. The van der Waals surface area contributed by atoms with Crippen molar-refractivity contribution in [3.8, 4) is 0 Å². The van der Waals surface area contributed by atoms with Gasteiger partial charge >= 0.3 is 0 Å². The molecule has 3 aromatic rings. The maximum atomic E-state index is 12.8. The Labute approximate surface area is 164 Å². The number of aromatic nitrogens is 2. The highest BCUT2D eigenvalue weighted by Gasteiger charge is 2.23. The van der Waals surface area contributed by atoms with E-state index in [1.807, 2.05) is 37.3 Å². The number of aliphatic imine (C=N–C) groups is 1. The lowest BCUT2D eigenvalue weighted by Crippen LogP contribution is -2.23. The summed E-state index contributed by atoms with van der Waals surface area (Å²) in [6.07, 6.45) is 0. The predicted molar refractivity (Wildman–Crippen MR) is 107 cm³/mol. The van der Waals surface area contributed by atoms with E-state index in [0.29, 0.717) is 11.4 Å². The van der Waals surface area contributed by atoms with Crippen molar-refractivity contribution in [1.29, 1.82) is 0 Å². The fourth-order valence-electron chi connectivity index (χ4n) is 2.94. The number of sulfonamides is 1. The summed E-state index contributed by atoms with van der Waals surface area (Å²) in [7, 11) is -3.91. The van der Waals surface area contributed by atoms with Gasteiger partial charge in [-0.2, -0.15) is 5.10 Å². The van der Waals surface area contributed by atoms with E-state index in [1.54, 1.807) is 32.0 Å². The molecule has 1 heterocycles. The molecule has 3 rings (SSSR count). The van der Waals surface area contributed by atoms with Gasteiger partial charge in [0.05, 0.1) is 23.1 Å². The SMILES string of the molecule is Cc1n[nH]c(C)c1S(=O)(=O)Nc1ccccc1C([O-])=N[C@@H](C)c1ccccc1. The van der Waals surface area contributed by atoms with Crippen LogP contribution in [-0.2, 0) is 10.0 Å². The number of H-pyrrole nitrogens is 1. The van der Waals surface area contributed by atoms with Crippen LogP contribution in [0.1, 0.15) is 35.5 Å². The van der Waals surface area contributed by atoms with Crippen molar-refractivity contribution in [2.75, 3.05) is 4.72 Å². The van der Waals surface area contributed by atoms with Gasteiger partial charge in [-0.25, -0.2) is 8.42 Å². The molecule has 0 saturated carbocycles. The molecule has 0 aliphatic rings. The van der Waals surface area contributed by atoms with Crippen molar-refractivity contribution < 1.29 is 13.5 Å². The molecule has 0 aliphatic carbocycles. The van der Waals surface area contributed by atoms with E-state index < -0.39 is 15.9 Å². The molecule has 2 aromatic carbocycles. The summed E-state index contributed by atoms with van der Waals surface area (Å²) >= 11 is 0. The zero-order chi connectivity index (χ0) is 20.3. The number of hydrogen-bond acceptors (Lipinski definition) is 5. The normalized spacial score (nSPS) is 13.3. The molecule has 28 heavy (non-hydrogen) atoms. The monoisotopic (exact) mass is 397 g/mol. The first-order chi connectivity index (χ1) is 13.3. The van der Waals surface area contributed by atoms with Gasteiger partial charge < -0.3 is 5.11 Å². The molecule has 0 amide bonds. The first-order valence-corrected chi connectivity index (χ1v) is 10.2. The van der Waals surface area contributed by atoms with Crippen molar-refractivity contribution in [2.24, 2.45) is 4.99 Å². The van der Waals surface area contributed by atoms with Crippen LogP contribution in [0.3, 0.4) is 0 Å². The van der Waals surface area contributed by atoms with Crippen LogP contribution >= 0.6 is 0 Å². The number of anilines is 1. The van der Waals surface area contributed by atoms with Gasteiger partial charge in [0.2, 0.25) is 0 Å². The van der Waals surface area contributed by atoms with Gasteiger partial charge in [-0.15, -0.1) is 0 Å². The lowest BCUT2D eigenvalue weighted by atomic mass is 10.1. The van der Waals surface area contributed by atoms with E-state index in [-0.39, 0.29) is 22.2 Å². The number of nitrogens with zero attached hydrogens (tertiary/aromatic N) is 2. The minimum Gasteiger partial charge on any atom is -0.858 e. The third kappa shape index (κ3) is 4.07. The second-order valence-electron chi connectivity index (χ2n) is 6.44. The van der Waals surface area contributed by atoms with Crippen LogP contribution < -0.4 is 9.83 Å². The number of aryl methyl sites for hydroxylation is 2.